The summed E-state index contributed by atoms with van der Waals surface area (Å²) in [6, 6.07) is 72.2. The van der Waals surface area contributed by atoms with Crippen molar-refractivity contribution < 1.29 is 0 Å². The summed E-state index contributed by atoms with van der Waals surface area (Å²) >= 11 is 1.91. The molecule has 0 bridgehead atoms. The molecule has 0 amide bonds. The minimum atomic E-state index is 0.953. The molecule has 3 nitrogen and oxygen atoms in total. The first-order valence-electron chi connectivity index (χ1n) is 19.4. The van der Waals surface area contributed by atoms with Crippen LogP contribution in [-0.4, -0.2) is 14.1 Å². The molecule has 0 saturated carbocycles. The first kappa shape index (κ1) is 32.0. The van der Waals surface area contributed by atoms with E-state index in [1.165, 1.54) is 75.0 Å². The van der Waals surface area contributed by atoms with Crippen molar-refractivity contribution in [3.63, 3.8) is 0 Å². The second-order valence-electron chi connectivity index (χ2n) is 14.7. The fourth-order valence-electron chi connectivity index (χ4n) is 8.96. The topological polar surface area (TPSA) is 22.8 Å². The molecule has 12 aromatic rings. The van der Waals surface area contributed by atoms with Crippen LogP contribution in [0.3, 0.4) is 0 Å². The van der Waals surface area contributed by atoms with Crippen molar-refractivity contribution in [2.24, 2.45) is 0 Å². The van der Waals surface area contributed by atoms with Crippen LogP contribution in [0.15, 0.2) is 200 Å². The standard InChI is InChI=1S/C53H33N3S/c1-4-14-34(15-5-1)37-32-44(35-16-6-2-7-17-35)54-45(33-37)36-24-26-39(27-25-36)56-46-22-12-10-20-40(46)41-29-31-49-51(52(41)56)43-28-30-48-50(53(43)57-49)42-21-11-13-23-47(42)55(48)38-18-8-3-9-19-38/h1-33H. The number of benzene rings is 8. The molecule has 4 aromatic heterocycles. The van der Waals surface area contributed by atoms with E-state index >= 15 is 0 Å². The van der Waals surface area contributed by atoms with Crippen molar-refractivity contribution >= 4 is 75.1 Å². The molecule has 0 fully saturated rings. The first-order valence-corrected chi connectivity index (χ1v) is 20.2. The molecule has 266 valence electrons. The summed E-state index contributed by atoms with van der Waals surface area (Å²) in [5, 5.41) is 7.70. The van der Waals surface area contributed by atoms with Crippen LogP contribution in [0.2, 0.25) is 0 Å². The smallest absolute Gasteiger partial charge is 0.0715 e. The fourth-order valence-corrected chi connectivity index (χ4v) is 10.2. The van der Waals surface area contributed by atoms with Crippen molar-refractivity contribution in [3.05, 3.63) is 200 Å². The molecule has 12 rings (SSSR count). The maximum atomic E-state index is 5.22. The Labute approximate surface area is 333 Å². The van der Waals surface area contributed by atoms with E-state index in [9.17, 15) is 0 Å². The van der Waals surface area contributed by atoms with E-state index in [0.29, 0.717) is 0 Å². The number of pyridine rings is 1. The molecule has 0 aliphatic carbocycles. The highest BCUT2D eigenvalue weighted by molar-refractivity contribution is 7.27. The molecule has 0 aliphatic rings. The summed E-state index contributed by atoms with van der Waals surface area (Å²) < 4.78 is 7.50. The summed E-state index contributed by atoms with van der Waals surface area (Å²) in [7, 11) is 0. The predicted molar refractivity (Wildman–Crippen MR) is 242 cm³/mol. The average molecular weight is 744 g/mol. The van der Waals surface area contributed by atoms with Gasteiger partial charge in [0.2, 0.25) is 0 Å². The molecular formula is C53H33N3S. The van der Waals surface area contributed by atoms with Gasteiger partial charge in [-0.15, -0.1) is 11.3 Å². The van der Waals surface area contributed by atoms with Crippen molar-refractivity contribution in [1.29, 1.82) is 0 Å². The third-order valence-electron chi connectivity index (χ3n) is 11.5. The zero-order chi connectivity index (χ0) is 37.5. The Morgan fingerprint density at radius 2 is 0.912 bits per heavy atom. The van der Waals surface area contributed by atoms with E-state index in [1.54, 1.807) is 0 Å². The van der Waals surface area contributed by atoms with Crippen LogP contribution in [0.1, 0.15) is 0 Å². The normalized spacial score (nSPS) is 11.9. The fraction of sp³-hybridized carbons (Fsp3) is 0. The summed E-state index contributed by atoms with van der Waals surface area (Å²) in [5.74, 6) is 0. The monoisotopic (exact) mass is 743 g/mol. The Bertz CT molecular complexity index is 3430. The third kappa shape index (κ3) is 4.94. The van der Waals surface area contributed by atoms with Gasteiger partial charge in [0.15, 0.2) is 0 Å². The van der Waals surface area contributed by atoms with E-state index in [4.69, 9.17) is 4.98 Å². The number of hydrogen-bond donors (Lipinski definition) is 0. The molecule has 0 atom stereocenters. The maximum Gasteiger partial charge on any atom is 0.0715 e. The minimum Gasteiger partial charge on any atom is -0.309 e. The van der Waals surface area contributed by atoms with Gasteiger partial charge in [-0.05, 0) is 71.8 Å². The van der Waals surface area contributed by atoms with Crippen molar-refractivity contribution in [2.45, 2.75) is 0 Å². The van der Waals surface area contributed by atoms with E-state index < -0.39 is 0 Å². The molecule has 0 aliphatic heterocycles. The van der Waals surface area contributed by atoms with Crippen LogP contribution in [0.25, 0.3) is 109 Å². The Morgan fingerprint density at radius 1 is 0.351 bits per heavy atom. The highest BCUT2D eigenvalue weighted by Gasteiger charge is 2.22. The molecule has 0 saturated heterocycles. The molecule has 0 unspecified atom stereocenters. The molecule has 0 radical (unpaired) electrons. The second-order valence-corrected chi connectivity index (χ2v) is 15.8. The number of rotatable bonds is 5. The van der Waals surface area contributed by atoms with Crippen molar-refractivity contribution in [2.75, 3.05) is 0 Å². The third-order valence-corrected chi connectivity index (χ3v) is 12.7. The van der Waals surface area contributed by atoms with Crippen molar-refractivity contribution in [1.82, 2.24) is 14.1 Å². The van der Waals surface area contributed by atoms with E-state index in [1.807, 2.05) is 11.3 Å². The summed E-state index contributed by atoms with van der Waals surface area (Å²) in [6.45, 7) is 0. The molecule has 0 spiro atoms. The highest BCUT2D eigenvalue weighted by atomic mass is 32.1. The van der Waals surface area contributed by atoms with Crippen LogP contribution >= 0.6 is 11.3 Å². The SMILES string of the molecule is c1ccc(-c2cc(-c3ccccc3)nc(-c3ccc(-n4c5ccccc5c5ccc6sc7c(ccc8c7c7ccccc7n8-c7ccccc7)c6c54)cc3)c2)cc1. The van der Waals surface area contributed by atoms with Crippen LogP contribution in [0.5, 0.6) is 0 Å². The van der Waals surface area contributed by atoms with Crippen LogP contribution in [0.4, 0.5) is 0 Å². The second kappa shape index (κ2) is 12.6. The number of aromatic nitrogens is 3. The van der Waals surface area contributed by atoms with Crippen LogP contribution in [-0.2, 0) is 0 Å². The number of thiophene rings is 1. The quantitative estimate of drug-likeness (QED) is 0.172. The van der Waals surface area contributed by atoms with Crippen LogP contribution in [0, 0.1) is 0 Å². The summed E-state index contributed by atoms with van der Waals surface area (Å²) in [6.07, 6.45) is 0. The van der Waals surface area contributed by atoms with Gasteiger partial charge in [-0.1, -0.05) is 140 Å². The molecule has 8 aromatic carbocycles. The lowest BCUT2D eigenvalue weighted by atomic mass is 10.00. The molecule has 57 heavy (non-hydrogen) atoms. The highest BCUT2D eigenvalue weighted by Crippen LogP contribution is 2.47. The molecule has 4 heteroatoms. The number of para-hydroxylation sites is 3. The Hall–Kier alpha value is -7.27. The lowest BCUT2D eigenvalue weighted by molar-refractivity contribution is 1.18. The van der Waals surface area contributed by atoms with Gasteiger partial charge in [0.25, 0.3) is 0 Å². The van der Waals surface area contributed by atoms with Crippen LogP contribution < -0.4 is 0 Å². The largest absolute Gasteiger partial charge is 0.309 e. The van der Waals surface area contributed by atoms with Crippen molar-refractivity contribution in [3.8, 4) is 45.0 Å². The molecule has 4 heterocycles. The van der Waals surface area contributed by atoms with Gasteiger partial charge in [0, 0.05) is 64.2 Å². The van der Waals surface area contributed by atoms with Gasteiger partial charge >= 0.3 is 0 Å². The van der Waals surface area contributed by atoms with Gasteiger partial charge in [0.05, 0.1) is 33.5 Å². The lowest BCUT2D eigenvalue weighted by Gasteiger charge is -2.12. The van der Waals surface area contributed by atoms with Gasteiger partial charge in [-0.25, -0.2) is 4.98 Å². The van der Waals surface area contributed by atoms with Gasteiger partial charge in [-0.2, -0.15) is 0 Å². The summed E-state index contributed by atoms with van der Waals surface area (Å²) in [5.41, 5.74) is 13.6. The summed E-state index contributed by atoms with van der Waals surface area (Å²) in [4.78, 5) is 5.22. The number of hydrogen-bond acceptors (Lipinski definition) is 2. The van der Waals surface area contributed by atoms with Gasteiger partial charge in [0.1, 0.15) is 0 Å². The maximum absolute atomic E-state index is 5.22. The predicted octanol–water partition coefficient (Wildman–Crippen LogP) is 14.6. The first-order chi connectivity index (χ1) is 28.3. The Morgan fingerprint density at radius 3 is 1.63 bits per heavy atom. The van der Waals surface area contributed by atoms with E-state index in [0.717, 1.165) is 33.8 Å². The van der Waals surface area contributed by atoms with Gasteiger partial charge < -0.3 is 9.13 Å². The number of fused-ring (bicyclic) bond motifs is 11. The average Bonchev–Trinajstić information content (AvgIpc) is 3.95. The molecule has 0 N–H and O–H groups in total. The number of nitrogens with zero attached hydrogens (tertiary/aromatic N) is 3. The Kier molecular flexibility index (Phi) is 7.10. The van der Waals surface area contributed by atoms with E-state index in [-0.39, 0.29) is 0 Å². The zero-order valence-electron chi connectivity index (χ0n) is 30.8. The lowest BCUT2D eigenvalue weighted by Crippen LogP contribution is -1.95. The van der Waals surface area contributed by atoms with E-state index in [2.05, 4.69) is 209 Å². The van der Waals surface area contributed by atoms with Gasteiger partial charge in [-0.3, -0.25) is 0 Å². The Balaban J connectivity index is 1.08. The molecular weight excluding hydrogens is 711 g/mol. The zero-order valence-corrected chi connectivity index (χ0v) is 31.6. The minimum absolute atomic E-state index is 0.953.